The molecule has 0 aliphatic carbocycles. The van der Waals surface area contributed by atoms with Gasteiger partial charge < -0.3 is 26.2 Å². The zero-order valence-corrected chi connectivity index (χ0v) is 25.9. The van der Waals surface area contributed by atoms with Gasteiger partial charge in [-0.3, -0.25) is 0 Å². The molecule has 0 saturated carbocycles. The lowest BCUT2D eigenvalue weighted by molar-refractivity contribution is -0.698. The van der Waals surface area contributed by atoms with E-state index in [1.165, 1.54) is 0 Å². The quantitative estimate of drug-likeness (QED) is 0.0491. The molecule has 0 atom stereocenters. The zero-order valence-electron chi connectivity index (χ0n) is 24.3. The maximum atomic E-state index is 9.01. The van der Waals surface area contributed by atoms with E-state index in [1.54, 1.807) is 0 Å². The van der Waals surface area contributed by atoms with Crippen LogP contribution in [0.25, 0.3) is 18.2 Å². The first-order chi connectivity index (χ1) is 20.7. The van der Waals surface area contributed by atoms with Gasteiger partial charge >= 0.3 is 0 Å². The molecule has 6 nitrogen and oxygen atoms in total. The smallest absolute Gasteiger partial charge is 0.171 e. The highest BCUT2D eigenvalue weighted by Crippen LogP contribution is 2.21. The fourth-order valence-electron chi connectivity index (χ4n) is 3.80. The minimum absolute atomic E-state index is 0.126. The average molecular weight is 604 g/mol. The minimum Gasteiger partial charge on any atom is -0.395 e. The summed E-state index contributed by atoms with van der Waals surface area (Å²) in [6, 6.07) is 21.1. The Bertz CT molecular complexity index is 1270. The number of aromatic nitrogens is 1. The molecular weight excluding hydrogens is 561 g/mol. The average Bonchev–Trinajstić information content (AvgIpc) is 3.03. The summed E-state index contributed by atoms with van der Waals surface area (Å²) in [5.41, 5.74) is 6.82. The van der Waals surface area contributed by atoms with Gasteiger partial charge in [0.2, 0.25) is 0 Å². The van der Waals surface area contributed by atoms with Crippen LogP contribution in [0.4, 0.5) is 11.4 Å². The number of hydrogen-bond acceptors (Lipinski definition) is 7. The molecule has 5 N–H and O–H groups in total. The standard InChI is InChI=1S/C34H42N4O2S2/c1-2-29(15-18-35-19-25-39)3-4-30-7-11-33(12-8-30)36-20-27-41-42-28-21-37-34-13-9-31(10-14-34)5-6-32-16-22-38(23-17-32)24-26-40/h2-18,22-23,35-36,39-40H,19-21,24-28H2,1H3/p+1/b4-3+,18-15-,29-2-. The van der Waals surface area contributed by atoms with E-state index in [4.69, 9.17) is 10.2 Å². The fraction of sp³-hybridized carbons (Fsp3) is 0.265. The summed E-state index contributed by atoms with van der Waals surface area (Å²) in [5, 5.41) is 27.9. The highest BCUT2D eigenvalue weighted by molar-refractivity contribution is 8.76. The van der Waals surface area contributed by atoms with Crippen LogP contribution in [0.15, 0.2) is 103 Å². The van der Waals surface area contributed by atoms with E-state index in [0.29, 0.717) is 13.1 Å². The van der Waals surface area contributed by atoms with Crippen LogP contribution in [-0.2, 0) is 6.54 Å². The number of rotatable bonds is 19. The Kier molecular flexibility index (Phi) is 16.1. The molecule has 3 aromatic rings. The van der Waals surface area contributed by atoms with Crippen molar-refractivity contribution in [1.29, 1.82) is 0 Å². The fourth-order valence-corrected chi connectivity index (χ4v) is 5.61. The summed E-state index contributed by atoms with van der Waals surface area (Å²) in [6.07, 6.45) is 18.3. The molecule has 0 unspecified atom stereocenters. The summed E-state index contributed by atoms with van der Waals surface area (Å²) in [5.74, 6) is 2.08. The van der Waals surface area contributed by atoms with Crippen molar-refractivity contribution in [3.63, 3.8) is 0 Å². The molecule has 0 radical (unpaired) electrons. The maximum absolute atomic E-state index is 9.01. The summed E-state index contributed by atoms with van der Waals surface area (Å²) >= 11 is 0. The summed E-state index contributed by atoms with van der Waals surface area (Å²) < 4.78 is 1.97. The number of pyridine rings is 1. The van der Waals surface area contributed by atoms with Crippen LogP contribution in [0.1, 0.15) is 23.6 Å². The summed E-state index contributed by atoms with van der Waals surface area (Å²) in [6.45, 7) is 5.31. The van der Waals surface area contributed by atoms with E-state index in [1.807, 2.05) is 69.9 Å². The first kappa shape index (κ1) is 33.1. The Balaban J connectivity index is 1.25. The van der Waals surface area contributed by atoms with Crippen molar-refractivity contribution < 1.29 is 14.8 Å². The van der Waals surface area contributed by atoms with Gasteiger partial charge in [0.25, 0.3) is 0 Å². The monoisotopic (exact) mass is 603 g/mol. The van der Waals surface area contributed by atoms with Crippen LogP contribution in [0.3, 0.4) is 0 Å². The van der Waals surface area contributed by atoms with E-state index in [9.17, 15) is 0 Å². The molecule has 42 heavy (non-hydrogen) atoms. The van der Waals surface area contributed by atoms with Crippen LogP contribution in [0, 0.1) is 0 Å². The van der Waals surface area contributed by atoms with Crippen molar-refractivity contribution in [2.24, 2.45) is 0 Å². The Labute approximate surface area is 258 Å². The molecule has 2 aromatic carbocycles. The van der Waals surface area contributed by atoms with Crippen molar-refractivity contribution >= 4 is 51.2 Å². The summed E-state index contributed by atoms with van der Waals surface area (Å²) in [4.78, 5) is 0. The first-order valence-corrected chi connectivity index (χ1v) is 16.7. The molecule has 0 bridgehead atoms. The number of nitrogens with one attached hydrogen (secondary N) is 3. The highest BCUT2D eigenvalue weighted by atomic mass is 33.1. The Morgan fingerprint density at radius 1 is 0.690 bits per heavy atom. The van der Waals surface area contributed by atoms with Gasteiger partial charge in [-0.25, -0.2) is 4.57 Å². The molecule has 3 rings (SSSR count). The van der Waals surface area contributed by atoms with Gasteiger partial charge in [0.05, 0.1) is 6.61 Å². The van der Waals surface area contributed by atoms with Gasteiger partial charge in [-0.2, -0.15) is 0 Å². The molecule has 0 amide bonds. The lowest BCUT2D eigenvalue weighted by atomic mass is 10.1. The largest absolute Gasteiger partial charge is 0.395 e. The number of hydrogen-bond donors (Lipinski definition) is 5. The molecule has 8 heteroatoms. The SMILES string of the molecule is C/C=C(\C=C/NCCO)/C=C/c1ccc(NCCSSCCNc2ccc(/C=C/c3cc[n+](CCO)cc3)cc2)cc1. The van der Waals surface area contributed by atoms with Crippen molar-refractivity contribution in [3.8, 4) is 0 Å². The topological polar surface area (TPSA) is 80.4 Å². The number of nitrogens with zero attached hydrogens (tertiary/aromatic N) is 1. The van der Waals surface area contributed by atoms with Crippen LogP contribution in [-0.4, -0.2) is 54.6 Å². The lowest BCUT2D eigenvalue weighted by Gasteiger charge is -2.08. The van der Waals surface area contributed by atoms with Gasteiger partial charge in [-0.05, 0) is 65.7 Å². The van der Waals surface area contributed by atoms with Gasteiger partial charge in [-0.1, -0.05) is 76.2 Å². The molecule has 0 aliphatic rings. The van der Waals surface area contributed by atoms with Gasteiger partial charge in [0.15, 0.2) is 18.9 Å². The van der Waals surface area contributed by atoms with Crippen molar-refractivity contribution in [2.45, 2.75) is 13.5 Å². The Morgan fingerprint density at radius 2 is 1.24 bits per heavy atom. The Hall–Kier alpha value is -3.43. The molecule has 222 valence electrons. The first-order valence-electron chi connectivity index (χ1n) is 14.3. The van der Waals surface area contributed by atoms with E-state index < -0.39 is 0 Å². The molecule has 0 fully saturated rings. The molecule has 1 heterocycles. The second-order valence-electron chi connectivity index (χ2n) is 9.30. The van der Waals surface area contributed by atoms with Crippen molar-refractivity contribution in [2.75, 3.05) is 55.0 Å². The van der Waals surface area contributed by atoms with E-state index in [2.05, 4.69) is 94.9 Å². The molecular formula is C34H43N4O2S2+. The Morgan fingerprint density at radius 3 is 1.76 bits per heavy atom. The third-order valence-electron chi connectivity index (χ3n) is 6.13. The molecule has 0 spiro atoms. The number of benzene rings is 2. The van der Waals surface area contributed by atoms with Gasteiger partial charge in [0.1, 0.15) is 6.61 Å². The van der Waals surface area contributed by atoms with E-state index >= 15 is 0 Å². The van der Waals surface area contributed by atoms with Crippen molar-refractivity contribution in [1.82, 2.24) is 5.32 Å². The van der Waals surface area contributed by atoms with Crippen LogP contribution < -0.4 is 20.5 Å². The van der Waals surface area contributed by atoms with Crippen molar-refractivity contribution in [3.05, 3.63) is 120 Å². The highest BCUT2D eigenvalue weighted by Gasteiger charge is 1.99. The second kappa shape index (κ2) is 20.4. The normalized spacial score (nSPS) is 12.0. The maximum Gasteiger partial charge on any atom is 0.171 e. The van der Waals surface area contributed by atoms with Gasteiger partial charge in [0, 0.05) is 54.6 Å². The number of aliphatic hydroxyl groups is 2. The number of allylic oxidation sites excluding steroid dienone is 4. The number of aliphatic hydroxyl groups excluding tert-OH is 2. The van der Waals surface area contributed by atoms with Crippen LogP contribution in [0.2, 0.25) is 0 Å². The second-order valence-corrected chi connectivity index (χ2v) is 12.0. The number of anilines is 2. The lowest BCUT2D eigenvalue weighted by Crippen LogP contribution is -2.34. The van der Waals surface area contributed by atoms with E-state index in [-0.39, 0.29) is 13.2 Å². The third kappa shape index (κ3) is 13.5. The predicted molar refractivity (Wildman–Crippen MR) is 184 cm³/mol. The third-order valence-corrected chi connectivity index (χ3v) is 8.54. The summed E-state index contributed by atoms with van der Waals surface area (Å²) in [7, 11) is 3.79. The van der Waals surface area contributed by atoms with Gasteiger partial charge in [-0.15, -0.1) is 0 Å². The molecule has 0 aliphatic heterocycles. The zero-order chi connectivity index (χ0) is 29.7. The van der Waals surface area contributed by atoms with Crippen LogP contribution >= 0.6 is 21.6 Å². The van der Waals surface area contributed by atoms with E-state index in [0.717, 1.165) is 58.2 Å². The molecule has 0 saturated heterocycles. The predicted octanol–water partition coefficient (Wildman–Crippen LogP) is 6.10. The molecule has 1 aromatic heterocycles. The minimum atomic E-state index is 0.126. The van der Waals surface area contributed by atoms with Crippen LogP contribution in [0.5, 0.6) is 0 Å².